The van der Waals surface area contributed by atoms with Gasteiger partial charge in [-0.2, -0.15) is 0 Å². The van der Waals surface area contributed by atoms with Crippen molar-refractivity contribution < 1.29 is 14.2 Å². The standard InChI is InChI=1S/C10H13NO4/c1-13-6-7-4-9(14-2)10(15-3)5-8(7)11-12/h4-5H,6H2,1-3H3. The fourth-order valence-electron chi connectivity index (χ4n) is 1.27. The predicted octanol–water partition coefficient (Wildman–Crippen LogP) is 2.25. The largest absolute Gasteiger partial charge is 0.493 e. The molecule has 82 valence electrons. The van der Waals surface area contributed by atoms with Crippen LogP contribution in [0, 0.1) is 4.91 Å². The molecule has 1 aromatic carbocycles. The Morgan fingerprint density at radius 2 is 1.73 bits per heavy atom. The van der Waals surface area contributed by atoms with Crippen LogP contribution in [0.3, 0.4) is 0 Å². The minimum atomic E-state index is 0.300. The average Bonchev–Trinajstić information content (AvgIpc) is 2.28. The number of nitroso groups, excluding NO2 is 1. The first-order valence-electron chi connectivity index (χ1n) is 4.34. The first-order chi connectivity index (χ1) is 7.26. The Kier molecular flexibility index (Phi) is 4.05. The highest BCUT2D eigenvalue weighted by Crippen LogP contribution is 2.34. The van der Waals surface area contributed by atoms with Crippen molar-refractivity contribution in [1.82, 2.24) is 0 Å². The van der Waals surface area contributed by atoms with Crippen LogP contribution in [0.1, 0.15) is 5.56 Å². The molecule has 1 aromatic rings. The third-order valence-corrected chi connectivity index (χ3v) is 1.98. The van der Waals surface area contributed by atoms with Gasteiger partial charge in [-0.05, 0) is 11.2 Å². The van der Waals surface area contributed by atoms with Gasteiger partial charge in [0.2, 0.25) is 0 Å². The average molecular weight is 211 g/mol. The van der Waals surface area contributed by atoms with Crippen molar-refractivity contribution >= 4 is 5.69 Å². The molecule has 0 bridgehead atoms. The Morgan fingerprint density at radius 3 is 2.20 bits per heavy atom. The number of nitrogens with zero attached hydrogens (tertiary/aromatic N) is 1. The van der Waals surface area contributed by atoms with Gasteiger partial charge >= 0.3 is 0 Å². The molecule has 0 saturated heterocycles. The van der Waals surface area contributed by atoms with Gasteiger partial charge in [0.05, 0.1) is 20.8 Å². The van der Waals surface area contributed by atoms with E-state index in [-0.39, 0.29) is 0 Å². The van der Waals surface area contributed by atoms with E-state index in [2.05, 4.69) is 5.18 Å². The van der Waals surface area contributed by atoms with Gasteiger partial charge in [0, 0.05) is 18.7 Å². The Morgan fingerprint density at radius 1 is 1.13 bits per heavy atom. The van der Waals surface area contributed by atoms with Gasteiger partial charge in [-0.1, -0.05) is 0 Å². The molecule has 0 aliphatic carbocycles. The zero-order valence-electron chi connectivity index (χ0n) is 8.94. The maximum absolute atomic E-state index is 10.6. The molecule has 5 nitrogen and oxygen atoms in total. The molecule has 0 fully saturated rings. The number of ether oxygens (including phenoxy) is 3. The minimum absolute atomic E-state index is 0.300. The summed E-state index contributed by atoms with van der Waals surface area (Å²) in [6, 6.07) is 3.21. The van der Waals surface area contributed by atoms with Crippen LogP contribution in [0.15, 0.2) is 17.3 Å². The lowest BCUT2D eigenvalue weighted by Gasteiger charge is -2.10. The van der Waals surface area contributed by atoms with Crippen LogP contribution in [-0.2, 0) is 11.3 Å². The van der Waals surface area contributed by atoms with Crippen LogP contribution in [0.25, 0.3) is 0 Å². The maximum atomic E-state index is 10.6. The number of hydrogen-bond donors (Lipinski definition) is 0. The Hall–Kier alpha value is -1.62. The summed E-state index contributed by atoms with van der Waals surface area (Å²) in [5.41, 5.74) is 0.972. The molecule has 0 radical (unpaired) electrons. The molecule has 0 heterocycles. The quantitative estimate of drug-likeness (QED) is 0.701. The highest BCUT2D eigenvalue weighted by molar-refractivity contribution is 5.57. The molecule has 0 atom stereocenters. The highest BCUT2D eigenvalue weighted by atomic mass is 16.5. The molecule has 0 N–H and O–H groups in total. The van der Waals surface area contributed by atoms with Crippen LogP contribution < -0.4 is 9.47 Å². The summed E-state index contributed by atoms with van der Waals surface area (Å²) in [5.74, 6) is 1.03. The Balaban J connectivity index is 3.20. The van der Waals surface area contributed by atoms with Gasteiger partial charge in [0.25, 0.3) is 0 Å². The second-order valence-corrected chi connectivity index (χ2v) is 2.86. The lowest BCUT2D eigenvalue weighted by atomic mass is 10.1. The zero-order chi connectivity index (χ0) is 11.3. The zero-order valence-corrected chi connectivity index (χ0v) is 8.94. The van der Waals surface area contributed by atoms with Crippen LogP contribution in [-0.4, -0.2) is 21.3 Å². The summed E-state index contributed by atoms with van der Waals surface area (Å²) in [7, 11) is 4.58. The molecule has 0 aromatic heterocycles. The van der Waals surface area contributed by atoms with Crippen LogP contribution in [0.2, 0.25) is 0 Å². The molecule has 0 aliphatic rings. The van der Waals surface area contributed by atoms with E-state index in [1.165, 1.54) is 20.3 Å². The van der Waals surface area contributed by atoms with Crippen molar-refractivity contribution in [2.45, 2.75) is 6.61 Å². The Bertz CT molecular complexity index is 352. The van der Waals surface area contributed by atoms with Crippen molar-refractivity contribution in [2.75, 3.05) is 21.3 Å². The highest BCUT2D eigenvalue weighted by Gasteiger charge is 2.11. The molecule has 0 amide bonds. The second kappa shape index (κ2) is 5.31. The molecule has 15 heavy (non-hydrogen) atoms. The van der Waals surface area contributed by atoms with E-state index in [4.69, 9.17) is 14.2 Å². The first kappa shape index (κ1) is 11.5. The maximum Gasteiger partial charge on any atom is 0.163 e. The van der Waals surface area contributed by atoms with E-state index in [9.17, 15) is 4.91 Å². The number of rotatable bonds is 5. The van der Waals surface area contributed by atoms with E-state index in [1.807, 2.05) is 0 Å². The number of methoxy groups -OCH3 is 3. The third-order valence-electron chi connectivity index (χ3n) is 1.98. The molecule has 1 rings (SSSR count). The van der Waals surface area contributed by atoms with Crippen LogP contribution in [0.5, 0.6) is 11.5 Å². The molecular weight excluding hydrogens is 198 g/mol. The Labute approximate surface area is 87.9 Å². The van der Waals surface area contributed by atoms with Crippen molar-refractivity contribution in [2.24, 2.45) is 5.18 Å². The lowest BCUT2D eigenvalue weighted by Crippen LogP contribution is -1.94. The van der Waals surface area contributed by atoms with Crippen molar-refractivity contribution in [3.05, 3.63) is 22.6 Å². The van der Waals surface area contributed by atoms with E-state index >= 15 is 0 Å². The van der Waals surface area contributed by atoms with Gasteiger partial charge in [-0.25, -0.2) is 0 Å². The van der Waals surface area contributed by atoms with Gasteiger partial charge < -0.3 is 14.2 Å². The third kappa shape index (κ3) is 2.44. The monoisotopic (exact) mass is 211 g/mol. The number of benzene rings is 1. The predicted molar refractivity (Wildman–Crippen MR) is 55.7 cm³/mol. The van der Waals surface area contributed by atoms with Crippen LogP contribution >= 0.6 is 0 Å². The molecule has 0 spiro atoms. The lowest BCUT2D eigenvalue weighted by molar-refractivity contribution is 0.185. The fraction of sp³-hybridized carbons (Fsp3) is 0.400. The van der Waals surface area contributed by atoms with E-state index in [0.717, 1.165) is 0 Å². The molecular formula is C10H13NO4. The van der Waals surface area contributed by atoms with Crippen molar-refractivity contribution in [3.8, 4) is 11.5 Å². The fourth-order valence-corrected chi connectivity index (χ4v) is 1.27. The van der Waals surface area contributed by atoms with E-state index in [0.29, 0.717) is 29.4 Å². The van der Waals surface area contributed by atoms with Gasteiger partial charge in [0.15, 0.2) is 11.5 Å². The second-order valence-electron chi connectivity index (χ2n) is 2.86. The van der Waals surface area contributed by atoms with Gasteiger partial charge in [-0.15, -0.1) is 4.91 Å². The molecule has 0 aliphatic heterocycles. The van der Waals surface area contributed by atoms with Crippen LogP contribution in [0.4, 0.5) is 5.69 Å². The van der Waals surface area contributed by atoms with Gasteiger partial charge in [-0.3, -0.25) is 0 Å². The summed E-state index contributed by atoms with van der Waals surface area (Å²) in [6.07, 6.45) is 0. The number of hydrogen-bond acceptors (Lipinski definition) is 5. The summed E-state index contributed by atoms with van der Waals surface area (Å²) in [4.78, 5) is 10.6. The normalized spacial score (nSPS) is 9.80. The summed E-state index contributed by atoms with van der Waals surface area (Å²) in [5, 5.41) is 2.91. The first-order valence-corrected chi connectivity index (χ1v) is 4.34. The van der Waals surface area contributed by atoms with Gasteiger partial charge in [0.1, 0.15) is 5.69 Å². The smallest absolute Gasteiger partial charge is 0.163 e. The van der Waals surface area contributed by atoms with Crippen molar-refractivity contribution in [3.63, 3.8) is 0 Å². The minimum Gasteiger partial charge on any atom is -0.493 e. The SMILES string of the molecule is COCc1cc(OC)c(OC)cc1N=O. The topological polar surface area (TPSA) is 57.1 Å². The summed E-state index contributed by atoms with van der Waals surface area (Å²) >= 11 is 0. The molecule has 0 unspecified atom stereocenters. The molecule has 5 heteroatoms. The van der Waals surface area contributed by atoms with E-state index < -0.39 is 0 Å². The summed E-state index contributed by atoms with van der Waals surface area (Å²) in [6.45, 7) is 0.307. The van der Waals surface area contributed by atoms with E-state index in [1.54, 1.807) is 13.2 Å². The van der Waals surface area contributed by atoms with Crippen molar-refractivity contribution in [1.29, 1.82) is 0 Å². The summed E-state index contributed by atoms with van der Waals surface area (Å²) < 4.78 is 15.1. The molecule has 0 saturated carbocycles.